The zero-order valence-electron chi connectivity index (χ0n) is 10.2. The number of halogens is 2. The minimum atomic E-state index is -1.43. The van der Waals surface area contributed by atoms with Gasteiger partial charge in [0, 0.05) is 15.9 Å². The molecule has 2 aromatic rings. The maximum atomic E-state index is 13.7. The van der Waals surface area contributed by atoms with Crippen molar-refractivity contribution in [2.24, 2.45) is 0 Å². The summed E-state index contributed by atoms with van der Waals surface area (Å²) in [5, 5.41) is 19.3. The average molecular weight is 311 g/mol. The lowest BCUT2D eigenvalue weighted by atomic mass is 10.2. The Bertz CT molecular complexity index is 736. The van der Waals surface area contributed by atoms with Crippen LogP contribution in [0, 0.1) is 21.7 Å². The summed E-state index contributed by atoms with van der Waals surface area (Å²) in [6, 6.07) is 6.45. The van der Waals surface area contributed by atoms with E-state index in [0.29, 0.717) is 4.90 Å². The summed E-state index contributed by atoms with van der Waals surface area (Å²) >= 11 is 0.847. The van der Waals surface area contributed by atoms with Crippen LogP contribution in [0.3, 0.4) is 0 Å². The van der Waals surface area contributed by atoms with Crippen molar-refractivity contribution in [3.8, 4) is 0 Å². The maximum Gasteiger partial charge on any atom is 0.338 e. The summed E-state index contributed by atoms with van der Waals surface area (Å²) < 4.78 is 27.0. The van der Waals surface area contributed by atoms with Crippen LogP contribution in [-0.4, -0.2) is 16.0 Å². The van der Waals surface area contributed by atoms with Gasteiger partial charge in [-0.25, -0.2) is 13.6 Å². The Morgan fingerprint density at radius 3 is 2.43 bits per heavy atom. The van der Waals surface area contributed by atoms with Crippen LogP contribution in [0.1, 0.15) is 10.4 Å². The van der Waals surface area contributed by atoms with Gasteiger partial charge < -0.3 is 5.11 Å². The van der Waals surface area contributed by atoms with Crippen molar-refractivity contribution in [2.45, 2.75) is 9.79 Å². The van der Waals surface area contributed by atoms with Crippen molar-refractivity contribution < 1.29 is 23.6 Å². The summed E-state index contributed by atoms with van der Waals surface area (Å²) in [7, 11) is 0. The lowest BCUT2D eigenvalue weighted by Crippen LogP contribution is -2.00. The molecule has 0 bridgehead atoms. The molecule has 0 aliphatic heterocycles. The molecular weight excluding hydrogens is 304 g/mol. The number of nitro benzene ring substituents is 1. The molecule has 8 heteroatoms. The number of aromatic carboxylic acids is 1. The van der Waals surface area contributed by atoms with Crippen LogP contribution in [0.4, 0.5) is 14.5 Å². The standard InChI is InChI=1S/C13H7F2NO4S/c14-10-3-2-8(6-9(10)13(17)18)21-12-4-1-7(16(19)20)5-11(12)15/h1-6H,(H,17,18). The van der Waals surface area contributed by atoms with Gasteiger partial charge in [-0.1, -0.05) is 11.8 Å². The average Bonchev–Trinajstić information content (AvgIpc) is 2.42. The molecule has 0 fully saturated rings. The van der Waals surface area contributed by atoms with E-state index in [1.807, 2.05) is 0 Å². The molecule has 0 atom stereocenters. The molecule has 0 aliphatic carbocycles. The molecule has 0 heterocycles. The second kappa shape index (κ2) is 5.88. The van der Waals surface area contributed by atoms with E-state index in [-0.39, 0.29) is 10.6 Å². The van der Waals surface area contributed by atoms with Gasteiger partial charge in [-0.05, 0) is 24.3 Å². The van der Waals surface area contributed by atoms with Crippen LogP contribution in [0.25, 0.3) is 0 Å². The first-order valence-electron chi connectivity index (χ1n) is 5.53. The van der Waals surface area contributed by atoms with Crippen molar-refractivity contribution in [1.82, 2.24) is 0 Å². The predicted molar refractivity (Wildman–Crippen MR) is 70.5 cm³/mol. The van der Waals surface area contributed by atoms with Crippen molar-refractivity contribution in [3.63, 3.8) is 0 Å². The van der Waals surface area contributed by atoms with E-state index in [0.717, 1.165) is 36.0 Å². The Balaban J connectivity index is 2.32. The van der Waals surface area contributed by atoms with Crippen LogP contribution in [0.2, 0.25) is 0 Å². The van der Waals surface area contributed by atoms with Gasteiger partial charge in [-0.15, -0.1) is 0 Å². The third-order valence-electron chi connectivity index (χ3n) is 2.52. The van der Waals surface area contributed by atoms with Gasteiger partial charge in [-0.3, -0.25) is 10.1 Å². The number of hydrogen-bond acceptors (Lipinski definition) is 4. The lowest BCUT2D eigenvalue weighted by molar-refractivity contribution is -0.385. The molecule has 0 unspecified atom stereocenters. The topological polar surface area (TPSA) is 80.4 Å². The highest BCUT2D eigenvalue weighted by Gasteiger charge is 2.14. The second-order valence-electron chi connectivity index (χ2n) is 3.92. The molecule has 0 saturated carbocycles. The van der Waals surface area contributed by atoms with Gasteiger partial charge in [0.1, 0.15) is 11.6 Å². The number of hydrogen-bond donors (Lipinski definition) is 1. The Morgan fingerprint density at radius 2 is 1.86 bits per heavy atom. The smallest absolute Gasteiger partial charge is 0.338 e. The fourth-order valence-electron chi connectivity index (χ4n) is 1.54. The van der Waals surface area contributed by atoms with Gasteiger partial charge >= 0.3 is 5.97 Å². The van der Waals surface area contributed by atoms with E-state index in [9.17, 15) is 23.7 Å². The van der Waals surface area contributed by atoms with Crippen molar-refractivity contribution >= 4 is 23.4 Å². The van der Waals surface area contributed by atoms with E-state index >= 15 is 0 Å². The van der Waals surface area contributed by atoms with E-state index in [1.54, 1.807) is 0 Å². The van der Waals surface area contributed by atoms with Gasteiger partial charge in [0.05, 0.1) is 16.6 Å². The van der Waals surface area contributed by atoms with Gasteiger partial charge in [0.25, 0.3) is 5.69 Å². The third-order valence-corrected chi connectivity index (χ3v) is 3.56. The molecule has 5 nitrogen and oxygen atoms in total. The fourth-order valence-corrected chi connectivity index (χ4v) is 2.40. The quantitative estimate of drug-likeness (QED) is 0.687. The summed E-state index contributed by atoms with van der Waals surface area (Å²) in [4.78, 5) is 21.0. The number of benzene rings is 2. The zero-order chi connectivity index (χ0) is 15.6. The Kier molecular flexibility index (Phi) is 4.18. The molecule has 0 aromatic heterocycles. The number of nitro groups is 1. The van der Waals surface area contributed by atoms with Crippen LogP contribution >= 0.6 is 11.8 Å². The number of nitrogens with zero attached hydrogens (tertiary/aromatic N) is 1. The highest BCUT2D eigenvalue weighted by molar-refractivity contribution is 7.99. The Labute approximate surface area is 121 Å². The van der Waals surface area contributed by atoms with Crippen LogP contribution in [-0.2, 0) is 0 Å². The van der Waals surface area contributed by atoms with Crippen molar-refractivity contribution in [3.05, 3.63) is 63.7 Å². The molecule has 108 valence electrons. The third kappa shape index (κ3) is 3.34. The molecular formula is C13H7F2NO4S. The van der Waals surface area contributed by atoms with Crippen LogP contribution in [0.5, 0.6) is 0 Å². The SMILES string of the molecule is O=C(O)c1cc(Sc2ccc([N+](=O)[O-])cc2F)ccc1F. The Hall–Kier alpha value is -2.48. The number of carbonyl (C=O) groups is 1. The van der Waals surface area contributed by atoms with Gasteiger partial charge in [0.2, 0.25) is 0 Å². The Morgan fingerprint density at radius 1 is 1.14 bits per heavy atom. The molecule has 21 heavy (non-hydrogen) atoms. The van der Waals surface area contributed by atoms with Crippen LogP contribution < -0.4 is 0 Å². The minimum Gasteiger partial charge on any atom is -0.478 e. The first kappa shape index (κ1) is 14.9. The molecule has 1 N–H and O–H groups in total. The highest BCUT2D eigenvalue weighted by Crippen LogP contribution is 2.32. The summed E-state index contributed by atoms with van der Waals surface area (Å²) in [6.07, 6.45) is 0. The fraction of sp³-hybridized carbons (Fsp3) is 0. The number of rotatable bonds is 4. The molecule has 0 saturated heterocycles. The van der Waals surface area contributed by atoms with Gasteiger partial charge in [0.15, 0.2) is 0 Å². The number of carboxylic acid groups (broad SMARTS) is 1. The van der Waals surface area contributed by atoms with Crippen molar-refractivity contribution in [2.75, 3.05) is 0 Å². The largest absolute Gasteiger partial charge is 0.478 e. The summed E-state index contributed by atoms with van der Waals surface area (Å²) in [5.41, 5.74) is -0.912. The van der Waals surface area contributed by atoms with Gasteiger partial charge in [-0.2, -0.15) is 0 Å². The van der Waals surface area contributed by atoms with Crippen molar-refractivity contribution in [1.29, 1.82) is 0 Å². The lowest BCUT2D eigenvalue weighted by Gasteiger charge is -2.05. The number of non-ortho nitro benzene ring substituents is 1. The molecule has 0 radical (unpaired) electrons. The van der Waals surface area contributed by atoms with E-state index in [4.69, 9.17) is 5.11 Å². The van der Waals surface area contributed by atoms with E-state index in [2.05, 4.69) is 0 Å². The molecule has 0 aliphatic rings. The highest BCUT2D eigenvalue weighted by atomic mass is 32.2. The molecule has 2 rings (SSSR count). The monoisotopic (exact) mass is 311 g/mol. The molecule has 2 aromatic carbocycles. The normalized spacial score (nSPS) is 10.4. The minimum absolute atomic E-state index is 0.0727. The number of carboxylic acids is 1. The first-order chi connectivity index (χ1) is 9.88. The molecule has 0 amide bonds. The zero-order valence-corrected chi connectivity index (χ0v) is 11.1. The maximum absolute atomic E-state index is 13.7. The van der Waals surface area contributed by atoms with E-state index < -0.39 is 28.1 Å². The predicted octanol–water partition coefficient (Wildman–Crippen LogP) is 3.72. The van der Waals surface area contributed by atoms with Crippen LogP contribution in [0.15, 0.2) is 46.2 Å². The first-order valence-corrected chi connectivity index (χ1v) is 6.35. The second-order valence-corrected chi connectivity index (χ2v) is 5.04. The summed E-state index contributed by atoms with van der Waals surface area (Å²) in [6.45, 7) is 0. The molecule has 0 spiro atoms. The summed E-state index contributed by atoms with van der Waals surface area (Å²) in [5.74, 6) is -3.13. The van der Waals surface area contributed by atoms with E-state index in [1.165, 1.54) is 12.1 Å².